The summed E-state index contributed by atoms with van der Waals surface area (Å²) in [6, 6.07) is 2.61. The fourth-order valence-corrected chi connectivity index (χ4v) is 1.95. The maximum absolute atomic E-state index is 12.9. The number of carboxylic acids is 1. The Balaban J connectivity index is 2.25. The summed E-state index contributed by atoms with van der Waals surface area (Å²) in [7, 11) is 0. The predicted octanol–water partition coefficient (Wildman–Crippen LogP) is -0.119. The molecule has 1 saturated heterocycles. The van der Waals surface area contributed by atoms with E-state index in [9.17, 15) is 19.1 Å². The van der Waals surface area contributed by atoms with E-state index in [2.05, 4.69) is 4.98 Å². The molecule has 7 heteroatoms. The van der Waals surface area contributed by atoms with Crippen LogP contribution in [0.3, 0.4) is 0 Å². The number of likely N-dealkylation sites (tertiary alicyclic amines) is 1. The summed E-state index contributed by atoms with van der Waals surface area (Å²) in [6.07, 6.45) is -0.917. The van der Waals surface area contributed by atoms with Gasteiger partial charge >= 0.3 is 5.97 Å². The van der Waals surface area contributed by atoms with E-state index >= 15 is 0 Å². The van der Waals surface area contributed by atoms with E-state index in [1.807, 2.05) is 0 Å². The zero-order chi connectivity index (χ0) is 13.3. The van der Waals surface area contributed by atoms with Crippen molar-refractivity contribution in [3.8, 4) is 0 Å². The van der Waals surface area contributed by atoms with Crippen molar-refractivity contribution in [1.82, 2.24) is 9.88 Å². The SMILES string of the molecule is O=C(O)[C@@H]1CC(O)CN1C(=O)c1cccc(F)n1. The van der Waals surface area contributed by atoms with Crippen LogP contribution >= 0.6 is 0 Å². The van der Waals surface area contributed by atoms with Gasteiger partial charge < -0.3 is 15.1 Å². The Morgan fingerprint density at radius 1 is 1.44 bits per heavy atom. The molecule has 0 aliphatic carbocycles. The molecule has 1 aromatic heterocycles. The summed E-state index contributed by atoms with van der Waals surface area (Å²) >= 11 is 0. The maximum Gasteiger partial charge on any atom is 0.326 e. The van der Waals surface area contributed by atoms with Gasteiger partial charge in [-0.05, 0) is 12.1 Å². The van der Waals surface area contributed by atoms with Crippen LogP contribution in [0.5, 0.6) is 0 Å². The third-order valence-corrected chi connectivity index (χ3v) is 2.76. The van der Waals surface area contributed by atoms with Crippen LogP contribution in [-0.4, -0.2) is 50.7 Å². The molecule has 2 heterocycles. The molecule has 0 aromatic carbocycles. The van der Waals surface area contributed by atoms with E-state index < -0.39 is 30.0 Å². The highest BCUT2D eigenvalue weighted by atomic mass is 19.1. The van der Waals surface area contributed by atoms with Crippen LogP contribution in [-0.2, 0) is 4.79 Å². The molecule has 1 aromatic rings. The van der Waals surface area contributed by atoms with Crippen molar-refractivity contribution in [2.45, 2.75) is 18.6 Å². The van der Waals surface area contributed by atoms with Crippen LogP contribution in [0.1, 0.15) is 16.9 Å². The van der Waals surface area contributed by atoms with Crippen molar-refractivity contribution in [1.29, 1.82) is 0 Å². The van der Waals surface area contributed by atoms with Gasteiger partial charge in [-0.3, -0.25) is 4.79 Å². The largest absolute Gasteiger partial charge is 0.480 e. The highest BCUT2D eigenvalue weighted by Gasteiger charge is 2.39. The van der Waals surface area contributed by atoms with E-state index in [0.29, 0.717) is 0 Å². The molecule has 2 N–H and O–H groups in total. The Morgan fingerprint density at radius 3 is 2.78 bits per heavy atom. The van der Waals surface area contributed by atoms with E-state index in [-0.39, 0.29) is 18.7 Å². The summed E-state index contributed by atoms with van der Waals surface area (Å²) in [5, 5.41) is 18.4. The van der Waals surface area contributed by atoms with E-state index in [4.69, 9.17) is 5.11 Å². The average Bonchev–Trinajstić information content (AvgIpc) is 2.70. The number of amides is 1. The number of carbonyl (C=O) groups excluding carboxylic acids is 1. The lowest BCUT2D eigenvalue weighted by molar-refractivity contribution is -0.141. The Morgan fingerprint density at radius 2 is 2.17 bits per heavy atom. The summed E-state index contributed by atoms with van der Waals surface area (Å²) in [5.41, 5.74) is -0.171. The number of nitrogens with zero attached hydrogens (tertiary/aromatic N) is 2. The topological polar surface area (TPSA) is 90.7 Å². The molecule has 18 heavy (non-hydrogen) atoms. The summed E-state index contributed by atoms with van der Waals surface area (Å²) in [5.74, 6) is -2.71. The van der Waals surface area contributed by atoms with Crippen molar-refractivity contribution >= 4 is 11.9 Å². The molecule has 1 amide bonds. The standard InChI is InChI=1S/C11H11FN2O4/c12-9-3-1-2-7(13-9)10(16)14-5-6(15)4-8(14)11(17)18/h1-3,6,8,15H,4-5H2,(H,17,18)/t6?,8-/m0/s1. The normalized spacial score (nSPS) is 23.1. The van der Waals surface area contributed by atoms with Crippen LogP contribution in [0.15, 0.2) is 18.2 Å². The first-order valence-corrected chi connectivity index (χ1v) is 5.33. The van der Waals surface area contributed by atoms with Gasteiger partial charge in [0.15, 0.2) is 0 Å². The lowest BCUT2D eigenvalue weighted by atomic mass is 10.2. The number of halogens is 1. The molecule has 1 aliphatic heterocycles. The second kappa shape index (κ2) is 4.69. The van der Waals surface area contributed by atoms with E-state index in [1.165, 1.54) is 12.1 Å². The van der Waals surface area contributed by atoms with E-state index in [0.717, 1.165) is 11.0 Å². The van der Waals surface area contributed by atoms with Crippen LogP contribution < -0.4 is 0 Å². The fraction of sp³-hybridized carbons (Fsp3) is 0.364. The minimum absolute atomic E-state index is 0.0314. The Bertz CT molecular complexity index is 494. The molecule has 1 unspecified atom stereocenters. The molecule has 0 radical (unpaired) electrons. The first-order chi connectivity index (χ1) is 8.49. The fourth-order valence-electron chi connectivity index (χ4n) is 1.95. The molecular formula is C11H11FN2O4. The number of aliphatic carboxylic acids is 1. The average molecular weight is 254 g/mol. The van der Waals surface area contributed by atoms with Crippen molar-refractivity contribution in [3.63, 3.8) is 0 Å². The number of aromatic nitrogens is 1. The minimum Gasteiger partial charge on any atom is -0.480 e. The van der Waals surface area contributed by atoms with Gasteiger partial charge in [-0.15, -0.1) is 0 Å². The second-order valence-corrected chi connectivity index (χ2v) is 4.05. The molecule has 1 fully saturated rings. The zero-order valence-electron chi connectivity index (χ0n) is 9.28. The quantitative estimate of drug-likeness (QED) is 0.718. The summed E-state index contributed by atoms with van der Waals surface area (Å²) in [6.45, 7) is -0.0893. The first kappa shape index (κ1) is 12.4. The highest BCUT2D eigenvalue weighted by Crippen LogP contribution is 2.20. The Kier molecular flexibility index (Phi) is 3.24. The molecule has 0 saturated carbocycles. The number of hydrogen-bond donors (Lipinski definition) is 2. The summed E-state index contributed by atoms with van der Waals surface area (Å²) in [4.78, 5) is 27.3. The second-order valence-electron chi connectivity index (χ2n) is 4.05. The number of aliphatic hydroxyl groups is 1. The third kappa shape index (κ3) is 2.30. The molecule has 6 nitrogen and oxygen atoms in total. The maximum atomic E-state index is 12.9. The van der Waals surface area contributed by atoms with Gasteiger partial charge in [0.2, 0.25) is 5.95 Å². The number of carbonyl (C=O) groups is 2. The van der Waals surface area contributed by atoms with Gasteiger partial charge in [0, 0.05) is 13.0 Å². The number of aliphatic hydroxyl groups excluding tert-OH is 1. The van der Waals surface area contributed by atoms with Gasteiger partial charge in [-0.2, -0.15) is 4.39 Å². The lowest BCUT2D eigenvalue weighted by Gasteiger charge is -2.20. The van der Waals surface area contributed by atoms with Crippen LogP contribution in [0.25, 0.3) is 0 Å². The number of carboxylic acid groups (broad SMARTS) is 1. The van der Waals surface area contributed by atoms with Crippen molar-refractivity contribution in [2.75, 3.05) is 6.54 Å². The Labute approximate surface area is 102 Å². The molecule has 0 spiro atoms. The van der Waals surface area contributed by atoms with Crippen LogP contribution in [0.2, 0.25) is 0 Å². The van der Waals surface area contributed by atoms with Crippen molar-refractivity contribution in [3.05, 3.63) is 29.8 Å². The van der Waals surface area contributed by atoms with Crippen LogP contribution in [0, 0.1) is 5.95 Å². The van der Waals surface area contributed by atoms with Gasteiger partial charge in [0.1, 0.15) is 11.7 Å². The van der Waals surface area contributed by atoms with Crippen molar-refractivity contribution < 1.29 is 24.2 Å². The molecule has 1 aliphatic rings. The monoisotopic (exact) mass is 254 g/mol. The molecule has 2 atom stereocenters. The van der Waals surface area contributed by atoms with Crippen LogP contribution in [0.4, 0.5) is 4.39 Å². The zero-order valence-corrected chi connectivity index (χ0v) is 9.28. The third-order valence-electron chi connectivity index (χ3n) is 2.76. The first-order valence-electron chi connectivity index (χ1n) is 5.33. The predicted molar refractivity (Wildman–Crippen MR) is 57.3 cm³/mol. The molecular weight excluding hydrogens is 243 g/mol. The number of pyridine rings is 1. The minimum atomic E-state index is -1.20. The van der Waals surface area contributed by atoms with Crippen molar-refractivity contribution in [2.24, 2.45) is 0 Å². The summed E-state index contributed by atoms with van der Waals surface area (Å²) < 4.78 is 12.9. The van der Waals surface area contributed by atoms with Gasteiger partial charge in [-0.25, -0.2) is 9.78 Å². The Hall–Kier alpha value is -2.02. The molecule has 96 valence electrons. The number of hydrogen-bond acceptors (Lipinski definition) is 4. The smallest absolute Gasteiger partial charge is 0.326 e. The van der Waals surface area contributed by atoms with Gasteiger partial charge in [0.25, 0.3) is 5.91 Å². The number of rotatable bonds is 2. The lowest BCUT2D eigenvalue weighted by Crippen LogP contribution is -2.41. The van der Waals surface area contributed by atoms with E-state index in [1.54, 1.807) is 0 Å². The number of β-amino-alcohol motifs (C(OH)–C–C–N with tert-alkyl or cyclic N) is 1. The van der Waals surface area contributed by atoms with Gasteiger partial charge in [-0.1, -0.05) is 6.07 Å². The van der Waals surface area contributed by atoms with Gasteiger partial charge in [0.05, 0.1) is 6.10 Å². The molecule has 2 rings (SSSR count). The highest BCUT2D eigenvalue weighted by molar-refractivity contribution is 5.95. The molecule has 0 bridgehead atoms.